The topological polar surface area (TPSA) is 80.6 Å². The van der Waals surface area contributed by atoms with Gasteiger partial charge in [-0.2, -0.15) is 0 Å². The Balaban J connectivity index is 1.64. The highest BCUT2D eigenvalue weighted by Crippen LogP contribution is 2.32. The summed E-state index contributed by atoms with van der Waals surface area (Å²) in [5.74, 6) is 0.344. The summed E-state index contributed by atoms with van der Waals surface area (Å²) in [4.78, 5) is 25.6. The van der Waals surface area contributed by atoms with E-state index in [-0.39, 0.29) is 17.6 Å². The fraction of sp³-hybridized carbons (Fsp3) is 0.333. The van der Waals surface area contributed by atoms with E-state index in [0.717, 1.165) is 37.5 Å². The average molecular weight is 406 g/mol. The molecule has 1 aromatic heterocycles. The van der Waals surface area contributed by atoms with Crippen LogP contribution in [0.25, 0.3) is 11.0 Å². The van der Waals surface area contributed by atoms with Gasteiger partial charge in [0.25, 0.3) is 5.91 Å². The van der Waals surface area contributed by atoms with Gasteiger partial charge in [-0.15, -0.1) is 0 Å². The molecule has 6 heteroatoms. The van der Waals surface area contributed by atoms with Crippen LogP contribution in [0.4, 0.5) is 11.4 Å². The van der Waals surface area contributed by atoms with E-state index in [4.69, 9.17) is 9.15 Å². The molecular formula is C24H26N2O4. The van der Waals surface area contributed by atoms with E-state index in [1.54, 1.807) is 30.3 Å². The van der Waals surface area contributed by atoms with Crippen molar-refractivity contribution >= 4 is 28.3 Å². The summed E-state index contributed by atoms with van der Waals surface area (Å²) in [6.07, 6.45) is 5.31. The number of amides is 1. The standard InChI is InChI=1S/C24H26N2O4/c1-2-15-29-18-13-11-16(12-14-18)23(27)26-22-21(25-17-7-3-4-8-17)19-9-5-6-10-20(19)30-24(22)28/h5-6,9-14,17,25H,2-4,7-8,15H2,1H3,(H,26,27). The predicted octanol–water partition coefficient (Wildman–Crippen LogP) is 5.19. The Morgan fingerprint density at radius 2 is 1.80 bits per heavy atom. The van der Waals surface area contributed by atoms with Gasteiger partial charge in [-0.05, 0) is 55.7 Å². The fourth-order valence-corrected chi connectivity index (χ4v) is 3.80. The molecule has 1 fully saturated rings. The van der Waals surface area contributed by atoms with Gasteiger partial charge in [-0.3, -0.25) is 4.79 Å². The first kappa shape index (κ1) is 20.0. The maximum Gasteiger partial charge on any atom is 0.362 e. The van der Waals surface area contributed by atoms with Crippen LogP contribution in [0.5, 0.6) is 5.75 Å². The summed E-state index contributed by atoms with van der Waals surface area (Å²) < 4.78 is 11.0. The molecule has 0 saturated heterocycles. The van der Waals surface area contributed by atoms with Gasteiger partial charge in [0, 0.05) is 17.0 Å². The normalized spacial score (nSPS) is 14.0. The third kappa shape index (κ3) is 4.32. The van der Waals surface area contributed by atoms with Gasteiger partial charge in [-0.1, -0.05) is 31.9 Å². The van der Waals surface area contributed by atoms with Crippen molar-refractivity contribution in [1.29, 1.82) is 0 Å². The summed E-state index contributed by atoms with van der Waals surface area (Å²) in [6, 6.07) is 14.5. The minimum Gasteiger partial charge on any atom is -0.494 e. The molecular weight excluding hydrogens is 380 g/mol. The van der Waals surface area contributed by atoms with Crippen LogP contribution in [-0.4, -0.2) is 18.6 Å². The number of carbonyl (C=O) groups excluding carboxylic acids is 1. The number of rotatable bonds is 7. The number of para-hydroxylation sites is 1. The van der Waals surface area contributed by atoms with Crippen LogP contribution in [0, 0.1) is 0 Å². The third-order valence-corrected chi connectivity index (χ3v) is 5.34. The zero-order valence-corrected chi connectivity index (χ0v) is 17.1. The van der Waals surface area contributed by atoms with E-state index in [1.165, 1.54) is 0 Å². The van der Waals surface area contributed by atoms with Gasteiger partial charge < -0.3 is 19.8 Å². The van der Waals surface area contributed by atoms with Crippen molar-refractivity contribution in [2.45, 2.75) is 45.1 Å². The van der Waals surface area contributed by atoms with Gasteiger partial charge in [0.05, 0.1) is 12.3 Å². The summed E-state index contributed by atoms with van der Waals surface area (Å²) in [5.41, 5.74) is 1.16. The summed E-state index contributed by atoms with van der Waals surface area (Å²) in [5, 5.41) is 7.04. The van der Waals surface area contributed by atoms with Crippen LogP contribution >= 0.6 is 0 Å². The molecule has 0 aliphatic heterocycles. The van der Waals surface area contributed by atoms with E-state index < -0.39 is 5.63 Å². The van der Waals surface area contributed by atoms with Crippen molar-refractivity contribution in [3.05, 3.63) is 64.5 Å². The van der Waals surface area contributed by atoms with Crippen LogP contribution in [-0.2, 0) is 0 Å². The van der Waals surface area contributed by atoms with Crippen LogP contribution in [0.2, 0.25) is 0 Å². The number of benzene rings is 2. The molecule has 2 N–H and O–H groups in total. The van der Waals surface area contributed by atoms with E-state index in [2.05, 4.69) is 10.6 Å². The van der Waals surface area contributed by atoms with Crippen molar-refractivity contribution in [2.24, 2.45) is 0 Å². The number of hydrogen-bond acceptors (Lipinski definition) is 5. The first-order chi connectivity index (χ1) is 14.7. The smallest absolute Gasteiger partial charge is 0.362 e. The van der Waals surface area contributed by atoms with E-state index >= 15 is 0 Å². The molecule has 0 bridgehead atoms. The maximum absolute atomic E-state index is 12.9. The Morgan fingerprint density at radius 3 is 2.53 bits per heavy atom. The second-order valence-corrected chi connectivity index (χ2v) is 7.59. The van der Waals surface area contributed by atoms with E-state index in [9.17, 15) is 9.59 Å². The minimum absolute atomic E-state index is 0.150. The molecule has 1 heterocycles. The second kappa shape index (κ2) is 9.03. The van der Waals surface area contributed by atoms with E-state index in [0.29, 0.717) is 29.2 Å². The highest BCUT2D eigenvalue weighted by atomic mass is 16.5. The molecule has 156 valence electrons. The monoisotopic (exact) mass is 406 g/mol. The molecule has 0 atom stereocenters. The third-order valence-electron chi connectivity index (χ3n) is 5.34. The van der Waals surface area contributed by atoms with Crippen LogP contribution in [0.3, 0.4) is 0 Å². The zero-order chi connectivity index (χ0) is 20.9. The first-order valence-electron chi connectivity index (χ1n) is 10.5. The molecule has 30 heavy (non-hydrogen) atoms. The maximum atomic E-state index is 12.9. The Morgan fingerprint density at radius 1 is 1.07 bits per heavy atom. The lowest BCUT2D eigenvalue weighted by atomic mass is 10.1. The molecule has 2 aromatic carbocycles. The highest BCUT2D eigenvalue weighted by Gasteiger charge is 2.22. The number of carbonyl (C=O) groups is 1. The van der Waals surface area contributed by atoms with Crippen molar-refractivity contribution in [1.82, 2.24) is 0 Å². The van der Waals surface area contributed by atoms with Crippen molar-refractivity contribution in [2.75, 3.05) is 17.2 Å². The summed E-state index contributed by atoms with van der Waals surface area (Å²) in [7, 11) is 0. The lowest BCUT2D eigenvalue weighted by Gasteiger charge is -2.18. The van der Waals surface area contributed by atoms with Gasteiger partial charge >= 0.3 is 5.63 Å². The molecule has 6 nitrogen and oxygen atoms in total. The van der Waals surface area contributed by atoms with Crippen LogP contribution < -0.4 is 21.0 Å². The molecule has 0 radical (unpaired) electrons. The Hall–Kier alpha value is -3.28. The number of anilines is 2. The fourth-order valence-electron chi connectivity index (χ4n) is 3.80. The molecule has 3 aromatic rings. The molecule has 1 aliphatic carbocycles. The van der Waals surface area contributed by atoms with Gasteiger partial charge in [0.2, 0.25) is 0 Å². The van der Waals surface area contributed by atoms with Gasteiger partial charge in [0.15, 0.2) is 5.69 Å². The van der Waals surface area contributed by atoms with Crippen molar-refractivity contribution in [3.63, 3.8) is 0 Å². The highest BCUT2D eigenvalue weighted by molar-refractivity contribution is 6.08. The number of fused-ring (bicyclic) bond motifs is 1. The van der Waals surface area contributed by atoms with Gasteiger partial charge in [0.1, 0.15) is 11.3 Å². The van der Waals surface area contributed by atoms with Crippen molar-refractivity contribution < 1.29 is 13.9 Å². The van der Waals surface area contributed by atoms with Gasteiger partial charge in [-0.25, -0.2) is 4.79 Å². The molecule has 0 spiro atoms. The molecule has 0 unspecified atom stereocenters. The second-order valence-electron chi connectivity index (χ2n) is 7.59. The SMILES string of the molecule is CCCOc1ccc(C(=O)Nc2c(NC3CCCC3)c3ccccc3oc2=O)cc1. The quantitative estimate of drug-likeness (QED) is 0.528. The van der Waals surface area contributed by atoms with Crippen molar-refractivity contribution in [3.8, 4) is 5.75 Å². The first-order valence-corrected chi connectivity index (χ1v) is 10.5. The zero-order valence-electron chi connectivity index (χ0n) is 17.1. The van der Waals surface area contributed by atoms with Crippen LogP contribution in [0.1, 0.15) is 49.4 Å². The minimum atomic E-state index is -0.564. The molecule has 4 rings (SSSR count). The lowest BCUT2D eigenvalue weighted by Crippen LogP contribution is -2.23. The number of ether oxygens (including phenoxy) is 1. The Labute approximate surface area is 175 Å². The summed E-state index contributed by atoms with van der Waals surface area (Å²) >= 11 is 0. The average Bonchev–Trinajstić information content (AvgIpc) is 3.28. The van der Waals surface area contributed by atoms with E-state index in [1.807, 2.05) is 25.1 Å². The number of hydrogen-bond donors (Lipinski definition) is 2. The van der Waals surface area contributed by atoms with Crippen LogP contribution in [0.15, 0.2) is 57.7 Å². The Bertz CT molecular complexity index is 1080. The molecule has 1 aliphatic rings. The predicted molar refractivity (Wildman–Crippen MR) is 119 cm³/mol. The molecule has 1 amide bonds. The lowest BCUT2D eigenvalue weighted by molar-refractivity contribution is 0.102. The molecule has 1 saturated carbocycles. The largest absolute Gasteiger partial charge is 0.494 e. The summed E-state index contributed by atoms with van der Waals surface area (Å²) in [6.45, 7) is 2.66. The number of nitrogens with one attached hydrogen (secondary N) is 2. The Kier molecular flexibility index (Phi) is 6.02.